The monoisotopic (exact) mass is 249 g/mol. The summed E-state index contributed by atoms with van der Waals surface area (Å²) >= 11 is 0. The van der Waals surface area contributed by atoms with Crippen LogP contribution in [0.5, 0.6) is 0 Å². The number of aryl methyl sites for hydroxylation is 2. The van der Waals surface area contributed by atoms with Gasteiger partial charge in [-0.1, -0.05) is 6.92 Å². The first-order chi connectivity index (χ1) is 8.63. The van der Waals surface area contributed by atoms with Gasteiger partial charge >= 0.3 is 0 Å². The van der Waals surface area contributed by atoms with Gasteiger partial charge in [0.1, 0.15) is 0 Å². The fourth-order valence-electron chi connectivity index (χ4n) is 1.60. The van der Waals surface area contributed by atoms with Crippen molar-refractivity contribution in [3.63, 3.8) is 0 Å². The van der Waals surface area contributed by atoms with Gasteiger partial charge < -0.3 is 9.88 Å². The molecule has 0 bridgehead atoms. The highest BCUT2D eigenvalue weighted by Gasteiger charge is 2.14. The molecule has 0 aliphatic heterocycles. The summed E-state index contributed by atoms with van der Waals surface area (Å²) in [6.45, 7) is 4.31. The zero-order valence-electron chi connectivity index (χ0n) is 10.7. The SMILES string of the molecule is CCCNc1nc(-c2nccn2C)nc(C)c1F. The first kappa shape index (κ1) is 12.5. The van der Waals surface area contributed by atoms with Crippen molar-refractivity contribution in [3.8, 4) is 11.6 Å². The van der Waals surface area contributed by atoms with Crippen molar-refractivity contribution < 1.29 is 4.39 Å². The summed E-state index contributed by atoms with van der Waals surface area (Å²) in [7, 11) is 1.85. The van der Waals surface area contributed by atoms with E-state index in [9.17, 15) is 4.39 Å². The molecule has 0 unspecified atom stereocenters. The number of nitrogens with zero attached hydrogens (tertiary/aromatic N) is 4. The van der Waals surface area contributed by atoms with Gasteiger partial charge in [0.15, 0.2) is 23.3 Å². The van der Waals surface area contributed by atoms with Crippen molar-refractivity contribution in [2.45, 2.75) is 20.3 Å². The fraction of sp³-hybridized carbons (Fsp3) is 0.417. The van der Waals surface area contributed by atoms with E-state index < -0.39 is 5.82 Å². The van der Waals surface area contributed by atoms with Crippen molar-refractivity contribution in [2.75, 3.05) is 11.9 Å². The Morgan fingerprint density at radius 1 is 1.39 bits per heavy atom. The van der Waals surface area contributed by atoms with Gasteiger partial charge in [-0.05, 0) is 13.3 Å². The van der Waals surface area contributed by atoms with Gasteiger partial charge in [-0.15, -0.1) is 0 Å². The van der Waals surface area contributed by atoms with Crippen molar-refractivity contribution >= 4 is 5.82 Å². The van der Waals surface area contributed by atoms with Crippen LogP contribution in [0.4, 0.5) is 10.2 Å². The van der Waals surface area contributed by atoms with Crippen LogP contribution in [0.2, 0.25) is 0 Å². The van der Waals surface area contributed by atoms with Gasteiger partial charge in [-0.2, -0.15) is 0 Å². The maximum atomic E-state index is 13.8. The van der Waals surface area contributed by atoms with Crippen LogP contribution in [-0.2, 0) is 7.05 Å². The number of anilines is 1. The Morgan fingerprint density at radius 2 is 2.17 bits per heavy atom. The van der Waals surface area contributed by atoms with Gasteiger partial charge in [0.25, 0.3) is 0 Å². The number of imidazole rings is 1. The molecule has 0 atom stereocenters. The van der Waals surface area contributed by atoms with Crippen LogP contribution in [0.25, 0.3) is 11.6 Å². The zero-order chi connectivity index (χ0) is 13.1. The Kier molecular flexibility index (Phi) is 3.55. The molecular weight excluding hydrogens is 233 g/mol. The van der Waals surface area contributed by atoms with Gasteiger partial charge in [-0.3, -0.25) is 0 Å². The van der Waals surface area contributed by atoms with E-state index in [-0.39, 0.29) is 5.82 Å². The topological polar surface area (TPSA) is 55.6 Å². The van der Waals surface area contributed by atoms with Crippen LogP contribution in [0.3, 0.4) is 0 Å². The quantitative estimate of drug-likeness (QED) is 0.902. The average molecular weight is 249 g/mol. The summed E-state index contributed by atoms with van der Waals surface area (Å²) in [6, 6.07) is 0. The molecule has 5 nitrogen and oxygen atoms in total. The minimum Gasteiger partial charge on any atom is -0.368 e. The summed E-state index contributed by atoms with van der Waals surface area (Å²) in [5.41, 5.74) is 0.321. The van der Waals surface area contributed by atoms with E-state index in [1.165, 1.54) is 0 Å². The summed E-state index contributed by atoms with van der Waals surface area (Å²) in [4.78, 5) is 12.5. The highest BCUT2D eigenvalue weighted by Crippen LogP contribution is 2.19. The molecule has 6 heteroatoms. The van der Waals surface area contributed by atoms with Crippen LogP contribution in [-0.4, -0.2) is 26.1 Å². The molecule has 0 spiro atoms. The second-order valence-corrected chi connectivity index (χ2v) is 4.08. The molecule has 2 aromatic rings. The van der Waals surface area contributed by atoms with Gasteiger partial charge in [0.2, 0.25) is 0 Å². The Hall–Kier alpha value is -1.98. The summed E-state index contributed by atoms with van der Waals surface area (Å²) in [6.07, 6.45) is 4.37. The van der Waals surface area contributed by atoms with Crippen molar-refractivity contribution in [3.05, 3.63) is 23.9 Å². The molecule has 0 saturated carbocycles. The van der Waals surface area contributed by atoms with Crippen molar-refractivity contribution in [1.29, 1.82) is 0 Å². The smallest absolute Gasteiger partial charge is 0.198 e. The molecule has 2 aromatic heterocycles. The van der Waals surface area contributed by atoms with Crippen molar-refractivity contribution in [1.82, 2.24) is 19.5 Å². The Morgan fingerprint density at radius 3 is 2.78 bits per heavy atom. The normalized spacial score (nSPS) is 10.7. The first-order valence-corrected chi connectivity index (χ1v) is 5.89. The molecule has 0 amide bonds. The summed E-state index contributed by atoms with van der Waals surface area (Å²) < 4.78 is 15.6. The Labute approximate surface area is 105 Å². The molecule has 0 aliphatic rings. The lowest BCUT2D eigenvalue weighted by Gasteiger charge is -2.09. The summed E-state index contributed by atoms with van der Waals surface area (Å²) in [5, 5.41) is 2.96. The maximum absolute atomic E-state index is 13.8. The number of nitrogens with one attached hydrogen (secondary N) is 1. The standard InChI is InChI=1S/C12H16FN5/c1-4-5-14-10-9(13)8(2)16-11(17-10)12-15-6-7-18(12)3/h6-7H,4-5H2,1-3H3,(H,14,16,17). The van der Waals surface area contributed by atoms with E-state index in [1.54, 1.807) is 23.9 Å². The second kappa shape index (κ2) is 5.12. The Balaban J connectivity index is 2.44. The lowest BCUT2D eigenvalue weighted by Crippen LogP contribution is -2.09. The first-order valence-electron chi connectivity index (χ1n) is 5.89. The predicted octanol–water partition coefficient (Wildman–Crippen LogP) is 2.15. The zero-order valence-corrected chi connectivity index (χ0v) is 10.7. The third-order valence-electron chi connectivity index (χ3n) is 2.58. The number of halogens is 1. The van der Waals surface area contributed by atoms with E-state index in [2.05, 4.69) is 20.3 Å². The third-order valence-corrected chi connectivity index (χ3v) is 2.58. The number of hydrogen-bond donors (Lipinski definition) is 1. The molecule has 0 fully saturated rings. The lowest BCUT2D eigenvalue weighted by molar-refractivity contribution is 0.605. The van der Waals surface area contributed by atoms with Gasteiger partial charge in [0, 0.05) is 26.0 Å². The molecule has 0 saturated heterocycles. The maximum Gasteiger partial charge on any atom is 0.198 e. The lowest BCUT2D eigenvalue weighted by atomic mass is 10.3. The largest absolute Gasteiger partial charge is 0.368 e. The van der Waals surface area contributed by atoms with Crippen LogP contribution in [0.15, 0.2) is 12.4 Å². The van der Waals surface area contributed by atoms with Crippen LogP contribution >= 0.6 is 0 Å². The van der Waals surface area contributed by atoms with Gasteiger partial charge in [-0.25, -0.2) is 19.3 Å². The molecule has 0 radical (unpaired) electrons. The molecule has 18 heavy (non-hydrogen) atoms. The minimum atomic E-state index is -0.401. The van der Waals surface area contributed by atoms with E-state index in [4.69, 9.17) is 0 Å². The molecule has 2 heterocycles. The highest BCUT2D eigenvalue weighted by molar-refractivity contribution is 5.50. The highest BCUT2D eigenvalue weighted by atomic mass is 19.1. The fourth-order valence-corrected chi connectivity index (χ4v) is 1.60. The number of aromatic nitrogens is 4. The van der Waals surface area contributed by atoms with E-state index in [0.717, 1.165) is 6.42 Å². The third kappa shape index (κ3) is 2.32. The van der Waals surface area contributed by atoms with E-state index in [1.807, 2.05) is 14.0 Å². The van der Waals surface area contributed by atoms with Crippen LogP contribution in [0.1, 0.15) is 19.0 Å². The molecular formula is C12H16FN5. The average Bonchev–Trinajstić information content (AvgIpc) is 2.77. The van der Waals surface area contributed by atoms with Gasteiger partial charge in [0.05, 0.1) is 5.69 Å². The van der Waals surface area contributed by atoms with E-state index >= 15 is 0 Å². The number of rotatable bonds is 4. The molecule has 2 rings (SSSR count). The molecule has 1 N–H and O–H groups in total. The van der Waals surface area contributed by atoms with Crippen LogP contribution in [0, 0.1) is 12.7 Å². The second-order valence-electron chi connectivity index (χ2n) is 4.08. The molecule has 0 aromatic carbocycles. The molecule has 0 aliphatic carbocycles. The molecule has 96 valence electrons. The van der Waals surface area contributed by atoms with Crippen LogP contribution < -0.4 is 5.32 Å². The minimum absolute atomic E-state index is 0.238. The number of hydrogen-bond acceptors (Lipinski definition) is 4. The summed E-state index contributed by atoms with van der Waals surface area (Å²) in [5.74, 6) is 0.890. The Bertz CT molecular complexity index is 549. The predicted molar refractivity (Wildman–Crippen MR) is 67.7 cm³/mol. The van der Waals surface area contributed by atoms with E-state index in [0.29, 0.717) is 23.9 Å². The van der Waals surface area contributed by atoms with Crippen molar-refractivity contribution in [2.24, 2.45) is 7.05 Å².